The normalized spacial score (nSPS) is 9.80. The fraction of sp³-hybridized carbons (Fsp3) is 0.182. The van der Waals surface area contributed by atoms with E-state index in [9.17, 15) is 0 Å². The van der Waals surface area contributed by atoms with Gasteiger partial charge in [0.15, 0.2) is 0 Å². The summed E-state index contributed by atoms with van der Waals surface area (Å²) in [5.74, 6) is 0.450. The smallest absolute Gasteiger partial charge is 0.212 e. The molecule has 0 unspecified atom stereocenters. The molecule has 2 heterocycles. The van der Waals surface area contributed by atoms with E-state index in [2.05, 4.69) is 9.97 Å². The third-order valence-corrected chi connectivity index (χ3v) is 2.15. The SMILES string of the molecule is N#Cc1nccn1CCc1ccccn1. The topological polar surface area (TPSA) is 54.5 Å². The van der Waals surface area contributed by atoms with Crippen LogP contribution in [0.25, 0.3) is 0 Å². The van der Waals surface area contributed by atoms with Crippen LogP contribution in [-0.4, -0.2) is 14.5 Å². The van der Waals surface area contributed by atoms with Gasteiger partial charge >= 0.3 is 0 Å². The highest BCUT2D eigenvalue weighted by molar-refractivity contribution is 5.11. The molecule has 0 N–H and O–H groups in total. The second-order valence-electron chi connectivity index (χ2n) is 3.13. The molecule has 4 nitrogen and oxygen atoms in total. The van der Waals surface area contributed by atoms with Gasteiger partial charge in [-0.05, 0) is 12.1 Å². The Bertz CT molecular complexity index is 467. The third-order valence-electron chi connectivity index (χ3n) is 2.15. The van der Waals surface area contributed by atoms with Crippen molar-refractivity contribution in [3.05, 3.63) is 48.3 Å². The van der Waals surface area contributed by atoms with Gasteiger partial charge in [-0.1, -0.05) is 6.07 Å². The van der Waals surface area contributed by atoms with Gasteiger partial charge in [0.25, 0.3) is 0 Å². The molecule has 0 aromatic carbocycles. The van der Waals surface area contributed by atoms with Crippen LogP contribution in [0.3, 0.4) is 0 Å². The lowest BCUT2D eigenvalue weighted by Gasteiger charge is -2.02. The van der Waals surface area contributed by atoms with E-state index in [4.69, 9.17) is 5.26 Å². The summed E-state index contributed by atoms with van der Waals surface area (Å²) in [6.07, 6.45) is 6.03. The number of nitrogens with zero attached hydrogens (tertiary/aromatic N) is 4. The van der Waals surface area contributed by atoms with Crippen LogP contribution in [0.1, 0.15) is 11.5 Å². The molecule has 2 aromatic rings. The van der Waals surface area contributed by atoms with Gasteiger partial charge in [0.1, 0.15) is 6.07 Å². The number of pyridine rings is 1. The van der Waals surface area contributed by atoms with Gasteiger partial charge in [-0.25, -0.2) is 4.98 Å². The second-order valence-corrected chi connectivity index (χ2v) is 3.13. The zero-order valence-electron chi connectivity index (χ0n) is 8.17. The molecule has 0 amide bonds. The van der Waals surface area contributed by atoms with Crippen LogP contribution in [0.2, 0.25) is 0 Å². The summed E-state index contributed by atoms with van der Waals surface area (Å²) in [7, 11) is 0. The Kier molecular flexibility index (Phi) is 2.75. The van der Waals surface area contributed by atoms with E-state index in [1.54, 1.807) is 12.4 Å². The molecule has 2 aromatic heterocycles. The minimum absolute atomic E-state index is 0.450. The number of rotatable bonds is 3. The molecule has 0 saturated carbocycles. The molecule has 0 aliphatic heterocycles. The Morgan fingerprint density at radius 2 is 2.20 bits per heavy atom. The zero-order valence-corrected chi connectivity index (χ0v) is 8.17. The van der Waals surface area contributed by atoms with Crippen LogP contribution in [0, 0.1) is 11.3 Å². The highest BCUT2D eigenvalue weighted by atomic mass is 15.1. The molecule has 0 saturated heterocycles. The van der Waals surface area contributed by atoms with Crippen LogP contribution in [0.5, 0.6) is 0 Å². The van der Waals surface area contributed by atoms with E-state index in [1.807, 2.05) is 35.0 Å². The van der Waals surface area contributed by atoms with Crippen LogP contribution in [0.4, 0.5) is 0 Å². The molecule has 0 fully saturated rings. The first-order chi connectivity index (χ1) is 7.40. The van der Waals surface area contributed by atoms with Crippen LogP contribution in [-0.2, 0) is 13.0 Å². The number of hydrogen-bond donors (Lipinski definition) is 0. The van der Waals surface area contributed by atoms with Crippen molar-refractivity contribution >= 4 is 0 Å². The number of aryl methyl sites for hydroxylation is 2. The standard InChI is InChI=1S/C11H10N4/c12-9-11-14-6-8-15(11)7-4-10-3-1-2-5-13-10/h1-3,5-6,8H,4,7H2. The fourth-order valence-electron chi connectivity index (χ4n) is 1.38. The number of imidazole rings is 1. The van der Waals surface area contributed by atoms with Crippen LogP contribution >= 0.6 is 0 Å². The molecule has 2 rings (SSSR count). The summed E-state index contributed by atoms with van der Waals surface area (Å²) in [6, 6.07) is 7.87. The highest BCUT2D eigenvalue weighted by Gasteiger charge is 2.01. The van der Waals surface area contributed by atoms with Crippen LogP contribution in [0.15, 0.2) is 36.8 Å². The molecule has 74 valence electrons. The second kappa shape index (κ2) is 4.38. The lowest BCUT2D eigenvalue weighted by atomic mass is 10.3. The molecule has 15 heavy (non-hydrogen) atoms. The Balaban J connectivity index is 2.03. The van der Waals surface area contributed by atoms with Crippen molar-refractivity contribution in [1.29, 1.82) is 5.26 Å². The van der Waals surface area contributed by atoms with Crippen molar-refractivity contribution in [3.8, 4) is 6.07 Å². The van der Waals surface area contributed by atoms with Crippen LogP contribution < -0.4 is 0 Å². The van der Waals surface area contributed by atoms with Gasteiger partial charge in [-0.15, -0.1) is 0 Å². The first-order valence-electron chi connectivity index (χ1n) is 4.71. The monoisotopic (exact) mass is 198 g/mol. The van der Waals surface area contributed by atoms with Gasteiger partial charge in [-0.3, -0.25) is 4.98 Å². The maximum Gasteiger partial charge on any atom is 0.212 e. The molecule has 0 spiro atoms. The predicted molar refractivity (Wildman–Crippen MR) is 54.9 cm³/mol. The minimum atomic E-state index is 0.450. The Labute approximate surface area is 87.8 Å². The highest BCUT2D eigenvalue weighted by Crippen LogP contribution is 2.00. The van der Waals surface area contributed by atoms with E-state index in [1.165, 1.54) is 0 Å². The number of nitriles is 1. The fourth-order valence-corrected chi connectivity index (χ4v) is 1.38. The van der Waals surface area contributed by atoms with Crippen molar-refractivity contribution < 1.29 is 0 Å². The summed E-state index contributed by atoms with van der Waals surface area (Å²) >= 11 is 0. The first kappa shape index (κ1) is 9.41. The summed E-state index contributed by atoms with van der Waals surface area (Å²) in [6.45, 7) is 0.736. The summed E-state index contributed by atoms with van der Waals surface area (Å²) in [4.78, 5) is 8.15. The molecular formula is C11H10N4. The molecule has 0 aliphatic rings. The molecule has 0 aliphatic carbocycles. The van der Waals surface area contributed by atoms with Gasteiger partial charge in [0.2, 0.25) is 5.82 Å². The number of hydrogen-bond acceptors (Lipinski definition) is 3. The Morgan fingerprint density at radius 1 is 1.27 bits per heavy atom. The van der Waals surface area contributed by atoms with Crippen molar-refractivity contribution in [2.75, 3.05) is 0 Å². The first-order valence-corrected chi connectivity index (χ1v) is 4.71. The van der Waals surface area contributed by atoms with Crippen molar-refractivity contribution in [2.24, 2.45) is 0 Å². The Morgan fingerprint density at radius 3 is 2.93 bits per heavy atom. The maximum absolute atomic E-state index is 8.76. The average molecular weight is 198 g/mol. The minimum Gasteiger partial charge on any atom is -0.322 e. The molecule has 0 atom stereocenters. The average Bonchev–Trinajstić information content (AvgIpc) is 2.75. The summed E-state index contributed by atoms with van der Waals surface area (Å²) in [5, 5.41) is 8.76. The van der Waals surface area contributed by atoms with Gasteiger partial charge in [0.05, 0.1) is 0 Å². The summed E-state index contributed by atoms with van der Waals surface area (Å²) < 4.78 is 1.83. The zero-order chi connectivity index (χ0) is 10.5. The van der Waals surface area contributed by atoms with E-state index in [0.29, 0.717) is 5.82 Å². The maximum atomic E-state index is 8.76. The third kappa shape index (κ3) is 2.20. The Hall–Kier alpha value is -2.15. The van der Waals surface area contributed by atoms with E-state index in [-0.39, 0.29) is 0 Å². The largest absolute Gasteiger partial charge is 0.322 e. The van der Waals surface area contributed by atoms with Crippen molar-refractivity contribution in [2.45, 2.75) is 13.0 Å². The lowest BCUT2D eigenvalue weighted by molar-refractivity contribution is 0.676. The van der Waals surface area contributed by atoms with Gasteiger partial charge in [0, 0.05) is 37.3 Å². The van der Waals surface area contributed by atoms with E-state index < -0.39 is 0 Å². The van der Waals surface area contributed by atoms with Crippen molar-refractivity contribution in [3.63, 3.8) is 0 Å². The number of aromatic nitrogens is 3. The van der Waals surface area contributed by atoms with Gasteiger partial charge < -0.3 is 4.57 Å². The summed E-state index contributed by atoms with van der Waals surface area (Å²) in [5.41, 5.74) is 1.02. The molecule has 0 bridgehead atoms. The molecule has 4 heteroatoms. The molecule has 0 radical (unpaired) electrons. The lowest BCUT2D eigenvalue weighted by Crippen LogP contribution is -2.03. The quantitative estimate of drug-likeness (QED) is 0.748. The predicted octanol–water partition coefficient (Wildman–Crippen LogP) is 1.39. The van der Waals surface area contributed by atoms with Gasteiger partial charge in [-0.2, -0.15) is 5.26 Å². The van der Waals surface area contributed by atoms with E-state index in [0.717, 1.165) is 18.7 Å². The van der Waals surface area contributed by atoms with Crippen molar-refractivity contribution in [1.82, 2.24) is 14.5 Å². The van der Waals surface area contributed by atoms with E-state index >= 15 is 0 Å². The molecular weight excluding hydrogens is 188 g/mol.